The van der Waals surface area contributed by atoms with Crippen LogP contribution in [0.5, 0.6) is 11.5 Å². The monoisotopic (exact) mass is 304 g/mol. The summed E-state index contributed by atoms with van der Waals surface area (Å²) in [4.78, 5) is 11.9. The van der Waals surface area contributed by atoms with Gasteiger partial charge in [-0.1, -0.05) is 23.7 Å². The van der Waals surface area contributed by atoms with Crippen LogP contribution in [0.4, 0.5) is 0 Å². The summed E-state index contributed by atoms with van der Waals surface area (Å²) in [5, 5.41) is 0.628. The first-order valence-electron chi connectivity index (χ1n) is 6.68. The van der Waals surface area contributed by atoms with Crippen LogP contribution in [0.15, 0.2) is 42.5 Å². The predicted octanol–water partition coefficient (Wildman–Crippen LogP) is 4.20. The number of halogens is 1. The van der Waals surface area contributed by atoms with Gasteiger partial charge < -0.3 is 9.47 Å². The maximum Gasteiger partial charge on any atom is 0.311 e. The number of rotatable bonds is 5. The van der Waals surface area contributed by atoms with Gasteiger partial charge in [0, 0.05) is 11.4 Å². The van der Waals surface area contributed by atoms with Crippen molar-refractivity contribution < 1.29 is 14.3 Å². The van der Waals surface area contributed by atoms with E-state index in [-0.39, 0.29) is 5.97 Å². The quantitative estimate of drug-likeness (QED) is 0.613. The second-order valence-corrected chi connectivity index (χ2v) is 5.17. The van der Waals surface area contributed by atoms with Gasteiger partial charge >= 0.3 is 5.97 Å². The van der Waals surface area contributed by atoms with Crippen molar-refractivity contribution in [3.05, 3.63) is 58.6 Å². The van der Waals surface area contributed by atoms with E-state index in [9.17, 15) is 4.79 Å². The van der Waals surface area contributed by atoms with Crippen molar-refractivity contribution in [3.8, 4) is 11.5 Å². The van der Waals surface area contributed by atoms with Crippen LogP contribution in [0.3, 0.4) is 0 Å². The van der Waals surface area contributed by atoms with Crippen LogP contribution in [0.25, 0.3) is 0 Å². The summed E-state index contributed by atoms with van der Waals surface area (Å²) < 4.78 is 10.5. The highest BCUT2D eigenvalue weighted by Crippen LogP contribution is 2.22. The molecule has 4 heteroatoms. The van der Waals surface area contributed by atoms with Crippen molar-refractivity contribution in [2.24, 2.45) is 0 Å². The van der Waals surface area contributed by atoms with Gasteiger partial charge in [0.2, 0.25) is 0 Å². The van der Waals surface area contributed by atoms with E-state index in [2.05, 4.69) is 0 Å². The Labute approximate surface area is 129 Å². The molecule has 0 unspecified atom stereocenters. The molecule has 0 bridgehead atoms. The van der Waals surface area contributed by atoms with Crippen molar-refractivity contribution in [2.75, 3.05) is 7.11 Å². The molecule has 2 aromatic carbocycles. The molecule has 0 fully saturated rings. The first-order valence-corrected chi connectivity index (χ1v) is 7.06. The SMILES string of the molecule is COc1cccc(CCC(=O)Oc2ccc(Cl)cc2C)c1. The van der Waals surface area contributed by atoms with Gasteiger partial charge in [-0.05, 0) is 54.8 Å². The van der Waals surface area contributed by atoms with Crippen LogP contribution in [-0.4, -0.2) is 13.1 Å². The van der Waals surface area contributed by atoms with E-state index in [0.29, 0.717) is 23.6 Å². The van der Waals surface area contributed by atoms with Gasteiger partial charge in [0.05, 0.1) is 7.11 Å². The molecule has 0 heterocycles. The maximum atomic E-state index is 11.9. The Balaban J connectivity index is 1.92. The number of ether oxygens (including phenoxy) is 2. The second-order valence-electron chi connectivity index (χ2n) is 4.74. The third kappa shape index (κ3) is 4.50. The number of esters is 1. The molecule has 0 radical (unpaired) electrons. The first kappa shape index (κ1) is 15.4. The van der Waals surface area contributed by atoms with E-state index >= 15 is 0 Å². The Morgan fingerprint density at radius 1 is 1.19 bits per heavy atom. The average Bonchev–Trinajstić information content (AvgIpc) is 2.48. The summed E-state index contributed by atoms with van der Waals surface area (Å²) in [6.07, 6.45) is 0.928. The normalized spacial score (nSPS) is 10.2. The molecule has 0 atom stereocenters. The number of methoxy groups -OCH3 is 1. The number of hydrogen-bond acceptors (Lipinski definition) is 3. The summed E-state index contributed by atoms with van der Waals surface area (Å²) in [6.45, 7) is 1.86. The van der Waals surface area contributed by atoms with E-state index in [1.807, 2.05) is 31.2 Å². The predicted molar refractivity (Wildman–Crippen MR) is 83.1 cm³/mol. The molecule has 0 N–H and O–H groups in total. The lowest BCUT2D eigenvalue weighted by Gasteiger charge is -2.08. The minimum atomic E-state index is -0.261. The fourth-order valence-electron chi connectivity index (χ4n) is 1.98. The fourth-order valence-corrected chi connectivity index (χ4v) is 2.20. The van der Waals surface area contributed by atoms with Crippen LogP contribution in [-0.2, 0) is 11.2 Å². The summed E-state index contributed by atoms with van der Waals surface area (Å²) in [5.74, 6) is 1.08. The van der Waals surface area contributed by atoms with E-state index in [1.165, 1.54) is 0 Å². The summed E-state index contributed by atoms with van der Waals surface area (Å²) in [6, 6.07) is 12.8. The molecule has 2 aromatic rings. The number of carbonyl (C=O) groups excluding carboxylic acids is 1. The number of hydrogen-bond donors (Lipinski definition) is 0. The number of aryl methyl sites for hydroxylation is 2. The maximum absolute atomic E-state index is 11.9. The van der Waals surface area contributed by atoms with Crippen LogP contribution in [0.2, 0.25) is 5.02 Å². The third-order valence-electron chi connectivity index (χ3n) is 3.11. The van der Waals surface area contributed by atoms with Gasteiger partial charge in [-0.3, -0.25) is 4.79 Å². The minimum Gasteiger partial charge on any atom is -0.497 e. The summed E-state index contributed by atoms with van der Waals surface area (Å²) in [5.41, 5.74) is 1.89. The van der Waals surface area contributed by atoms with Gasteiger partial charge in [0.1, 0.15) is 11.5 Å². The minimum absolute atomic E-state index is 0.261. The van der Waals surface area contributed by atoms with Gasteiger partial charge in [0.25, 0.3) is 0 Å². The zero-order valence-electron chi connectivity index (χ0n) is 12.1. The fraction of sp³-hybridized carbons (Fsp3) is 0.235. The third-order valence-corrected chi connectivity index (χ3v) is 3.35. The molecule has 0 aromatic heterocycles. The van der Waals surface area contributed by atoms with E-state index in [4.69, 9.17) is 21.1 Å². The topological polar surface area (TPSA) is 35.5 Å². The average molecular weight is 305 g/mol. The number of benzene rings is 2. The van der Waals surface area contributed by atoms with Crippen LogP contribution < -0.4 is 9.47 Å². The van der Waals surface area contributed by atoms with Crippen LogP contribution in [0, 0.1) is 6.92 Å². The van der Waals surface area contributed by atoms with Crippen molar-refractivity contribution in [2.45, 2.75) is 19.8 Å². The first-order chi connectivity index (χ1) is 10.1. The summed E-state index contributed by atoms with van der Waals surface area (Å²) >= 11 is 5.87. The van der Waals surface area contributed by atoms with Gasteiger partial charge in [0.15, 0.2) is 0 Å². The highest BCUT2D eigenvalue weighted by Gasteiger charge is 2.08. The molecule has 0 spiro atoms. The Hall–Kier alpha value is -2.00. The lowest BCUT2D eigenvalue weighted by atomic mass is 10.1. The van der Waals surface area contributed by atoms with Gasteiger partial charge in [-0.2, -0.15) is 0 Å². The number of carbonyl (C=O) groups is 1. The Morgan fingerprint density at radius 2 is 2.00 bits per heavy atom. The second kappa shape index (κ2) is 7.14. The van der Waals surface area contributed by atoms with Crippen molar-refractivity contribution in [1.82, 2.24) is 0 Å². The smallest absolute Gasteiger partial charge is 0.311 e. The highest BCUT2D eigenvalue weighted by atomic mass is 35.5. The van der Waals surface area contributed by atoms with E-state index < -0.39 is 0 Å². The Bertz CT molecular complexity index is 638. The Kier molecular flexibility index (Phi) is 5.23. The molecule has 0 saturated heterocycles. The van der Waals surface area contributed by atoms with Gasteiger partial charge in [-0.25, -0.2) is 0 Å². The summed E-state index contributed by atoms with van der Waals surface area (Å²) in [7, 11) is 1.62. The molecule has 3 nitrogen and oxygen atoms in total. The van der Waals surface area contributed by atoms with Crippen LogP contribution in [0.1, 0.15) is 17.5 Å². The molecule has 0 amide bonds. The molecule has 0 aliphatic rings. The highest BCUT2D eigenvalue weighted by molar-refractivity contribution is 6.30. The molecular weight excluding hydrogens is 288 g/mol. The lowest BCUT2D eigenvalue weighted by Crippen LogP contribution is -2.09. The standard InChI is InChI=1S/C17H17ClO3/c1-12-10-14(18)7-8-16(12)21-17(19)9-6-13-4-3-5-15(11-13)20-2/h3-5,7-8,10-11H,6,9H2,1-2H3. The molecule has 2 rings (SSSR count). The molecule has 0 aliphatic carbocycles. The molecule has 21 heavy (non-hydrogen) atoms. The molecular formula is C17H17ClO3. The van der Waals surface area contributed by atoms with Crippen molar-refractivity contribution >= 4 is 17.6 Å². The largest absolute Gasteiger partial charge is 0.497 e. The van der Waals surface area contributed by atoms with Crippen molar-refractivity contribution in [3.63, 3.8) is 0 Å². The van der Waals surface area contributed by atoms with E-state index in [1.54, 1.807) is 25.3 Å². The lowest BCUT2D eigenvalue weighted by molar-refractivity contribution is -0.134. The van der Waals surface area contributed by atoms with Gasteiger partial charge in [-0.15, -0.1) is 0 Å². The molecule has 0 saturated carbocycles. The van der Waals surface area contributed by atoms with Crippen LogP contribution >= 0.6 is 11.6 Å². The molecule has 0 aliphatic heterocycles. The van der Waals surface area contributed by atoms with Crippen molar-refractivity contribution in [1.29, 1.82) is 0 Å². The molecule has 110 valence electrons. The Morgan fingerprint density at radius 3 is 2.71 bits per heavy atom. The zero-order valence-corrected chi connectivity index (χ0v) is 12.8. The van der Waals surface area contributed by atoms with E-state index in [0.717, 1.165) is 16.9 Å². The zero-order chi connectivity index (χ0) is 15.2.